The Hall–Kier alpha value is -3.10. The molecule has 0 aliphatic carbocycles. The van der Waals surface area contributed by atoms with Gasteiger partial charge in [-0.3, -0.25) is 14.6 Å². The SMILES string of the molecule is O=C(NCc1cccc(OCCN2CCOCC2)c1)c1ccc(N2CCOC2=O)cc1. The third-order valence-electron chi connectivity index (χ3n) is 5.33. The molecule has 8 nitrogen and oxygen atoms in total. The smallest absolute Gasteiger partial charge is 0.414 e. The molecule has 0 saturated carbocycles. The lowest BCUT2D eigenvalue weighted by molar-refractivity contribution is 0.0322. The summed E-state index contributed by atoms with van der Waals surface area (Å²) in [5, 5.41) is 2.93. The van der Waals surface area contributed by atoms with E-state index in [-0.39, 0.29) is 12.0 Å². The standard InChI is InChI=1S/C23H27N3O5/c27-22(19-4-6-20(7-5-19)26-11-15-31-23(26)28)24-17-18-2-1-3-21(16-18)30-14-10-25-8-12-29-13-9-25/h1-7,16H,8-15,17H2,(H,24,27). The minimum absolute atomic E-state index is 0.172. The second-order valence-corrected chi connectivity index (χ2v) is 7.45. The van der Waals surface area contributed by atoms with E-state index in [1.807, 2.05) is 24.3 Å². The number of rotatable bonds is 8. The molecule has 2 aromatic carbocycles. The minimum atomic E-state index is -0.357. The zero-order valence-electron chi connectivity index (χ0n) is 17.4. The molecule has 0 aromatic heterocycles. The highest BCUT2D eigenvalue weighted by Crippen LogP contribution is 2.19. The van der Waals surface area contributed by atoms with Crippen molar-refractivity contribution in [3.63, 3.8) is 0 Å². The number of amides is 2. The molecule has 0 radical (unpaired) electrons. The summed E-state index contributed by atoms with van der Waals surface area (Å²) >= 11 is 0. The molecule has 2 aromatic rings. The molecule has 8 heteroatoms. The number of anilines is 1. The van der Waals surface area contributed by atoms with Gasteiger partial charge in [0.15, 0.2) is 0 Å². The van der Waals surface area contributed by atoms with Gasteiger partial charge < -0.3 is 19.5 Å². The summed E-state index contributed by atoms with van der Waals surface area (Å²) in [6, 6.07) is 14.7. The first-order valence-electron chi connectivity index (χ1n) is 10.5. The van der Waals surface area contributed by atoms with Crippen molar-refractivity contribution in [2.75, 3.05) is 57.5 Å². The van der Waals surface area contributed by atoms with Gasteiger partial charge >= 0.3 is 6.09 Å². The third-order valence-corrected chi connectivity index (χ3v) is 5.33. The molecule has 2 amide bonds. The Labute approximate surface area is 181 Å². The number of hydrogen-bond acceptors (Lipinski definition) is 6. The summed E-state index contributed by atoms with van der Waals surface area (Å²) in [6.07, 6.45) is -0.357. The van der Waals surface area contributed by atoms with Crippen LogP contribution < -0.4 is 15.0 Å². The third kappa shape index (κ3) is 5.74. The molecule has 164 valence electrons. The number of ether oxygens (including phenoxy) is 3. The lowest BCUT2D eigenvalue weighted by atomic mass is 10.1. The molecule has 2 aliphatic rings. The highest BCUT2D eigenvalue weighted by Gasteiger charge is 2.23. The minimum Gasteiger partial charge on any atom is -0.492 e. The highest BCUT2D eigenvalue weighted by atomic mass is 16.6. The summed E-state index contributed by atoms with van der Waals surface area (Å²) in [5.41, 5.74) is 2.23. The van der Waals surface area contributed by atoms with Gasteiger partial charge in [0.1, 0.15) is 19.0 Å². The van der Waals surface area contributed by atoms with Crippen LogP contribution in [0.15, 0.2) is 48.5 Å². The van der Waals surface area contributed by atoms with Crippen molar-refractivity contribution in [3.8, 4) is 5.75 Å². The zero-order valence-corrected chi connectivity index (χ0v) is 17.4. The summed E-state index contributed by atoms with van der Waals surface area (Å²) in [5.74, 6) is 0.621. The van der Waals surface area contributed by atoms with E-state index in [1.54, 1.807) is 29.2 Å². The lowest BCUT2D eigenvalue weighted by Gasteiger charge is -2.26. The van der Waals surface area contributed by atoms with Crippen molar-refractivity contribution in [1.29, 1.82) is 0 Å². The molecule has 1 N–H and O–H groups in total. The maximum absolute atomic E-state index is 12.5. The number of carbonyl (C=O) groups excluding carboxylic acids is 2. The Morgan fingerprint density at radius 2 is 1.84 bits per heavy atom. The van der Waals surface area contributed by atoms with Gasteiger partial charge in [-0.05, 0) is 42.0 Å². The van der Waals surface area contributed by atoms with Crippen LogP contribution >= 0.6 is 0 Å². The second kappa shape index (κ2) is 10.3. The van der Waals surface area contributed by atoms with Crippen LogP contribution in [0.25, 0.3) is 0 Å². The lowest BCUT2D eigenvalue weighted by Crippen LogP contribution is -2.38. The highest BCUT2D eigenvalue weighted by molar-refractivity contribution is 5.95. The van der Waals surface area contributed by atoms with E-state index < -0.39 is 0 Å². The van der Waals surface area contributed by atoms with Crippen molar-refractivity contribution in [2.45, 2.75) is 6.54 Å². The number of morpholine rings is 1. The summed E-state index contributed by atoms with van der Waals surface area (Å²) in [6.45, 7) is 6.25. The average molecular weight is 425 g/mol. The Bertz CT molecular complexity index is 896. The average Bonchev–Trinajstić information content (AvgIpc) is 3.24. The monoisotopic (exact) mass is 425 g/mol. The Kier molecular flexibility index (Phi) is 7.01. The largest absolute Gasteiger partial charge is 0.492 e. The summed E-state index contributed by atoms with van der Waals surface area (Å²) in [7, 11) is 0. The van der Waals surface area contributed by atoms with Gasteiger partial charge in [-0.1, -0.05) is 12.1 Å². The van der Waals surface area contributed by atoms with Crippen LogP contribution in [0.2, 0.25) is 0 Å². The topological polar surface area (TPSA) is 80.3 Å². The van der Waals surface area contributed by atoms with E-state index in [1.165, 1.54) is 0 Å². The van der Waals surface area contributed by atoms with Crippen LogP contribution in [0, 0.1) is 0 Å². The van der Waals surface area contributed by atoms with Crippen molar-refractivity contribution < 1.29 is 23.8 Å². The van der Waals surface area contributed by atoms with Crippen molar-refractivity contribution in [1.82, 2.24) is 10.2 Å². The van der Waals surface area contributed by atoms with Crippen LogP contribution in [0.5, 0.6) is 5.75 Å². The van der Waals surface area contributed by atoms with E-state index in [9.17, 15) is 9.59 Å². The summed E-state index contributed by atoms with van der Waals surface area (Å²) < 4.78 is 16.2. The normalized spacial score (nSPS) is 16.8. The number of carbonyl (C=O) groups is 2. The van der Waals surface area contributed by atoms with Crippen molar-refractivity contribution in [3.05, 3.63) is 59.7 Å². The molecular formula is C23H27N3O5. The molecular weight excluding hydrogens is 398 g/mol. The second-order valence-electron chi connectivity index (χ2n) is 7.45. The fraction of sp³-hybridized carbons (Fsp3) is 0.391. The molecule has 0 atom stereocenters. The van der Waals surface area contributed by atoms with Crippen molar-refractivity contribution >= 4 is 17.7 Å². The number of nitrogens with one attached hydrogen (secondary N) is 1. The van der Waals surface area contributed by atoms with E-state index in [0.29, 0.717) is 31.9 Å². The van der Waals surface area contributed by atoms with Crippen LogP contribution in [0.3, 0.4) is 0 Å². The van der Waals surface area contributed by atoms with Crippen molar-refractivity contribution in [2.24, 2.45) is 0 Å². The van der Waals surface area contributed by atoms with E-state index in [0.717, 1.165) is 49.8 Å². The maximum atomic E-state index is 12.5. The van der Waals surface area contributed by atoms with Gasteiger partial charge in [0.2, 0.25) is 0 Å². The molecule has 2 aliphatic heterocycles. The van der Waals surface area contributed by atoms with Gasteiger partial charge in [0.05, 0.1) is 19.8 Å². The van der Waals surface area contributed by atoms with Gasteiger partial charge in [0, 0.05) is 37.4 Å². The van der Waals surface area contributed by atoms with E-state index >= 15 is 0 Å². The van der Waals surface area contributed by atoms with Crippen LogP contribution in [0.4, 0.5) is 10.5 Å². The summed E-state index contributed by atoms with van der Waals surface area (Å²) in [4.78, 5) is 28.0. The molecule has 2 heterocycles. The first kappa shape index (κ1) is 21.1. The zero-order chi connectivity index (χ0) is 21.5. The molecule has 0 bridgehead atoms. The fourth-order valence-corrected chi connectivity index (χ4v) is 3.57. The molecule has 2 saturated heterocycles. The van der Waals surface area contributed by atoms with Gasteiger partial charge in [-0.15, -0.1) is 0 Å². The quantitative estimate of drug-likeness (QED) is 0.699. The van der Waals surface area contributed by atoms with Gasteiger partial charge in [-0.25, -0.2) is 4.79 Å². The van der Waals surface area contributed by atoms with Crippen LogP contribution in [-0.4, -0.2) is 69.5 Å². The predicted molar refractivity (Wildman–Crippen MR) is 116 cm³/mol. The predicted octanol–water partition coefficient (Wildman–Crippen LogP) is 2.28. The Morgan fingerprint density at radius 1 is 1.03 bits per heavy atom. The Morgan fingerprint density at radius 3 is 2.58 bits per heavy atom. The number of nitrogens with zero attached hydrogens (tertiary/aromatic N) is 2. The van der Waals surface area contributed by atoms with E-state index in [2.05, 4.69) is 10.2 Å². The van der Waals surface area contributed by atoms with Crippen LogP contribution in [0.1, 0.15) is 15.9 Å². The number of benzene rings is 2. The van der Waals surface area contributed by atoms with Gasteiger partial charge in [-0.2, -0.15) is 0 Å². The maximum Gasteiger partial charge on any atom is 0.414 e. The molecule has 0 spiro atoms. The first-order chi connectivity index (χ1) is 15.2. The molecule has 31 heavy (non-hydrogen) atoms. The number of hydrogen-bond donors (Lipinski definition) is 1. The fourth-order valence-electron chi connectivity index (χ4n) is 3.57. The molecule has 0 unspecified atom stereocenters. The van der Waals surface area contributed by atoms with Crippen LogP contribution in [-0.2, 0) is 16.0 Å². The number of cyclic esters (lactones) is 1. The van der Waals surface area contributed by atoms with Gasteiger partial charge in [0.25, 0.3) is 5.91 Å². The Balaban J connectivity index is 1.25. The first-order valence-corrected chi connectivity index (χ1v) is 10.5. The molecule has 4 rings (SSSR count). The van der Waals surface area contributed by atoms with E-state index in [4.69, 9.17) is 14.2 Å². The molecule has 2 fully saturated rings.